The topological polar surface area (TPSA) is 119 Å². The molecule has 0 bridgehead atoms. The minimum Gasteiger partial charge on any atom is -0.366 e. The lowest BCUT2D eigenvalue weighted by Gasteiger charge is -2.07. The highest BCUT2D eigenvalue weighted by Crippen LogP contribution is 2.11. The smallest absolute Gasteiger partial charge is 0.329 e. The molecule has 3 rings (SSSR count). The first-order chi connectivity index (χ1) is 13.9. The van der Waals surface area contributed by atoms with Gasteiger partial charge < -0.3 is 15.6 Å². The largest absolute Gasteiger partial charge is 0.366 e. The number of anilines is 1. The van der Waals surface area contributed by atoms with Crippen LogP contribution in [0.1, 0.15) is 22.8 Å². The fourth-order valence-electron chi connectivity index (χ4n) is 2.54. The summed E-state index contributed by atoms with van der Waals surface area (Å²) in [5.41, 5.74) is 10.4. The molecule has 0 aliphatic rings. The Labute approximate surface area is 167 Å². The van der Waals surface area contributed by atoms with E-state index in [1.807, 2.05) is 53.4 Å². The van der Waals surface area contributed by atoms with Gasteiger partial charge in [-0.05, 0) is 61.0 Å². The number of primary amides is 1. The number of nitrogens with one attached hydrogen (secondary N) is 2. The number of hydrogen-bond donors (Lipinski definition) is 3. The number of benzene rings is 2. The van der Waals surface area contributed by atoms with Crippen LogP contribution in [0, 0.1) is 0 Å². The number of carbonyl (C=O) groups is 3. The highest BCUT2D eigenvalue weighted by Gasteiger charge is 2.13. The number of aromatic nitrogens is 1. The monoisotopic (exact) mass is 389 g/mol. The van der Waals surface area contributed by atoms with Crippen LogP contribution >= 0.6 is 0 Å². The molecule has 0 atom stereocenters. The maximum absolute atomic E-state index is 12.0. The van der Waals surface area contributed by atoms with Crippen molar-refractivity contribution in [1.82, 2.24) is 9.99 Å². The Morgan fingerprint density at radius 3 is 2.03 bits per heavy atom. The Balaban J connectivity index is 1.58. The van der Waals surface area contributed by atoms with Crippen molar-refractivity contribution in [1.29, 1.82) is 0 Å². The van der Waals surface area contributed by atoms with Gasteiger partial charge in [-0.1, -0.05) is 12.1 Å². The third kappa shape index (κ3) is 4.95. The average Bonchev–Trinajstić information content (AvgIpc) is 3.27. The highest BCUT2D eigenvalue weighted by molar-refractivity contribution is 6.39. The number of hydrogen-bond acceptors (Lipinski definition) is 4. The van der Waals surface area contributed by atoms with E-state index in [-0.39, 0.29) is 0 Å². The molecule has 0 unspecified atom stereocenters. The van der Waals surface area contributed by atoms with E-state index in [9.17, 15) is 14.4 Å². The van der Waals surface area contributed by atoms with Crippen molar-refractivity contribution in [2.24, 2.45) is 10.8 Å². The van der Waals surface area contributed by atoms with Gasteiger partial charge in [0.05, 0.1) is 5.71 Å². The Bertz CT molecular complexity index is 1050. The molecule has 0 radical (unpaired) electrons. The van der Waals surface area contributed by atoms with Crippen LogP contribution in [0.15, 0.2) is 78.2 Å². The van der Waals surface area contributed by atoms with Gasteiger partial charge in [0.15, 0.2) is 0 Å². The number of amides is 3. The molecule has 3 amide bonds. The zero-order chi connectivity index (χ0) is 20.8. The van der Waals surface area contributed by atoms with E-state index in [1.54, 1.807) is 6.92 Å². The van der Waals surface area contributed by atoms with Crippen LogP contribution in [0.4, 0.5) is 5.69 Å². The molecule has 0 saturated carbocycles. The van der Waals surface area contributed by atoms with E-state index in [2.05, 4.69) is 15.8 Å². The third-order valence-electron chi connectivity index (χ3n) is 4.15. The molecule has 8 heteroatoms. The SMILES string of the molecule is C/C(=N\NC(=O)C(=O)Nc1ccc(C(N)=O)cc1)c1ccc(-n2cccc2)cc1. The molecule has 146 valence electrons. The normalized spacial score (nSPS) is 11.0. The van der Waals surface area contributed by atoms with E-state index in [0.717, 1.165) is 11.3 Å². The number of nitrogens with two attached hydrogens (primary N) is 1. The summed E-state index contributed by atoms with van der Waals surface area (Å²) < 4.78 is 1.97. The second kappa shape index (κ2) is 8.66. The Morgan fingerprint density at radius 1 is 0.862 bits per heavy atom. The molecule has 0 fully saturated rings. The molecule has 0 aliphatic heterocycles. The average molecular weight is 389 g/mol. The fourth-order valence-corrected chi connectivity index (χ4v) is 2.54. The van der Waals surface area contributed by atoms with Gasteiger partial charge >= 0.3 is 11.8 Å². The van der Waals surface area contributed by atoms with Gasteiger partial charge in [-0.25, -0.2) is 5.43 Å². The first-order valence-electron chi connectivity index (χ1n) is 8.73. The predicted molar refractivity (Wildman–Crippen MR) is 110 cm³/mol. The molecule has 0 aliphatic carbocycles. The van der Waals surface area contributed by atoms with Crippen LogP contribution in [0.5, 0.6) is 0 Å². The lowest BCUT2D eigenvalue weighted by molar-refractivity contribution is -0.136. The predicted octanol–water partition coefficient (Wildman–Crippen LogP) is 2.06. The molecule has 1 aromatic heterocycles. The van der Waals surface area contributed by atoms with Crippen molar-refractivity contribution in [3.05, 3.63) is 84.2 Å². The van der Waals surface area contributed by atoms with E-state index in [0.29, 0.717) is 17.0 Å². The molecule has 0 saturated heterocycles. The fraction of sp³-hybridized carbons (Fsp3) is 0.0476. The molecule has 3 aromatic rings. The van der Waals surface area contributed by atoms with Crippen molar-refractivity contribution >= 4 is 29.1 Å². The third-order valence-corrected chi connectivity index (χ3v) is 4.15. The molecule has 4 N–H and O–H groups in total. The van der Waals surface area contributed by atoms with Crippen molar-refractivity contribution in [2.45, 2.75) is 6.92 Å². The molecule has 29 heavy (non-hydrogen) atoms. The van der Waals surface area contributed by atoms with Gasteiger partial charge in [0, 0.05) is 29.3 Å². The molecule has 1 heterocycles. The first kappa shape index (κ1) is 19.6. The van der Waals surface area contributed by atoms with Crippen LogP contribution in [0.3, 0.4) is 0 Å². The van der Waals surface area contributed by atoms with Gasteiger partial charge in [-0.2, -0.15) is 5.10 Å². The summed E-state index contributed by atoms with van der Waals surface area (Å²) in [4.78, 5) is 35.0. The van der Waals surface area contributed by atoms with Crippen LogP contribution in [0.2, 0.25) is 0 Å². The van der Waals surface area contributed by atoms with Gasteiger partial charge in [0.2, 0.25) is 5.91 Å². The standard InChI is InChI=1S/C21H19N5O3/c1-14(15-6-10-18(11-7-15)26-12-2-3-13-26)24-25-21(29)20(28)23-17-8-4-16(5-9-17)19(22)27/h2-13H,1H3,(H2,22,27)(H,23,28)(H,25,29)/b24-14+. The summed E-state index contributed by atoms with van der Waals surface area (Å²) in [6.07, 6.45) is 3.88. The summed E-state index contributed by atoms with van der Waals surface area (Å²) in [6, 6.07) is 17.3. The Morgan fingerprint density at radius 2 is 1.45 bits per heavy atom. The van der Waals surface area contributed by atoms with E-state index >= 15 is 0 Å². The van der Waals surface area contributed by atoms with Crippen molar-refractivity contribution in [3.8, 4) is 5.69 Å². The second-order valence-electron chi connectivity index (χ2n) is 6.17. The van der Waals surface area contributed by atoms with E-state index in [1.165, 1.54) is 24.3 Å². The molecule has 0 spiro atoms. The van der Waals surface area contributed by atoms with Crippen molar-refractivity contribution in [3.63, 3.8) is 0 Å². The van der Waals surface area contributed by atoms with Crippen molar-refractivity contribution < 1.29 is 14.4 Å². The van der Waals surface area contributed by atoms with Crippen LogP contribution in [-0.4, -0.2) is 28.0 Å². The summed E-state index contributed by atoms with van der Waals surface area (Å²) in [5, 5.41) is 6.39. The molecule has 2 aromatic carbocycles. The molecular formula is C21H19N5O3. The second-order valence-corrected chi connectivity index (χ2v) is 6.17. The number of nitrogens with zero attached hydrogens (tertiary/aromatic N) is 2. The highest BCUT2D eigenvalue weighted by atomic mass is 16.2. The number of hydrazone groups is 1. The van der Waals surface area contributed by atoms with Gasteiger partial charge in [-0.3, -0.25) is 14.4 Å². The van der Waals surface area contributed by atoms with Gasteiger partial charge in [-0.15, -0.1) is 0 Å². The maximum Gasteiger partial charge on any atom is 0.329 e. The van der Waals surface area contributed by atoms with Gasteiger partial charge in [0.1, 0.15) is 0 Å². The van der Waals surface area contributed by atoms with Gasteiger partial charge in [0.25, 0.3) is 0 Å². The van der Waals surface area contributed by atoms with E-state index < -0.39 is 17.7 Å². The summed E-state index contributed by atoms with van der Waals surface area (Å²) in [6.45, 7) is 1.73. The lowest BCUT2D eigenvalue weighted by Crippen LogP contribution is -2.33. The molecule has 8 nitrogen and oxygen atoms in total. The van der Waals surface area contributed by atoms with Crippen LogP contribution in [-0.2, 0) is 9.59 Å². The number of rotatable bonds is 5. The Hall–Kier alpha value is -4.20. The summed E-state index contributed by atoms with van der Waals surface area (Å²) >= 11 is 0. The van der Waals surface area contributed by atoms with E-state index in [4.69, 9.17) is 5.73 Å². The van der Waals surface area contributed by atoms with Crippen LogP contribution < -0.4 is 16.5 Å². The minimum absolute atomic E-state index is 0.301. The number of carbonyl (C=O) groups excluding carboxylic acids is 3. The Kier molecular flexibility index (Phi) is 5.84. The minimum atomic E-state index is -0.910. The maximum atomic E-state index is 12.0. The zero-order valence-corrected chi connectivity index (χ0v) is 15.6. The summed E-state index contributed by atoms with van der Waals surface area (Å²) in [7, 11) is 0. The van der Waals surface area contributed by atoms with Crippen LogP contribution in [0.25, 0.3) is 5.69 Å². The van der Waals surface area contributed by atoms with Crippen molar-refractivity contribution in [2.75, 3.05) is 5.32 Å². The zero-order valence-electron chi connectivity index (χ0n) is 15.6. The summed E-state index contributed by atoms with van der Waals surface area (Å²) in [5.74, 6) is -2.37. The lowest BCUT2D eigenvalue weighted by atomic mass is 10.1. The first-order valence-corrected chi connectivity index (χ1v) is 8.73. The quantitative estimate of drug-likeness (QED) is 0.352. The molecular weight excluding hydrogens is 370 g/mol.